The molecule has 0 aromatic carbocycles. The van der Waals surface area contributed by atoms with E-state index in [-0.39, 0.29) is 11.5 Å². The van der Waals surface area contributed by atoms with Crippen LogP contribution in [0.4, 0.5) is 0 Å². The van der Waals surface area contributed by atoms with Crippen LogP contribution in [0.25, 0.3) is 4.96 Å². The minimum absolute atomic E-state index is 0.112. The van der Waals surface area contributed by atoms with Crippen molar-refractivity contribution in [3.8, 4) is 0 Å². The fourth-order valence-electron chi connectivity index (χ4n) is 3.24. The van der Waals surface area contributed by atoms with Gasteiger partial charge in [0.25, 0.3) is 11.5 Å². The van der Waals surface area contributed by atoms with Gasteiger partial charge in [-0.1, -0.05) is 24.3 Å². The van der Waals surface area contributed by atoms with Gasteiger partial charge in [0.05, 0.1) is 10.6 Å². The summed E-state index contributed by atoms with van der Waals surface area (Å²) in [6.07, 6.45) is 1.71. The molecule has 1 aliphatic heterocycles. The smallest absolute Gasteiger partial charge is 0.275 e. The summed E-state index contributed by atoms with van der Waals surface area (Å²) in [7, 11) is 0. The lowest BCUT2D eigenvalue weighted by Crippen LogP contribution is -2.34. The number of carbonyl (C=O) groups is 1. The lowest BCUT2D eigenvalue weighted by Gasteiger charge is -2.21. The van der Waals surface area contributed by atoms with E-state index in [9.17, 15) is 9.59 Å². The van der Waals surface area contributed by atoms with E-state index in [4.69, 9.17) is 0 Å². The van der Waals surface area contributed by atoms with Crippen LogP contribution in [0.5, 0.6) is 0 Å². The molecule has 142 valence electrons. The normalized spacial score (nSPS) is 16.0. The van der Waals surface area contributed by atoms with Crippen molar-refractivity contribution >= 4 is 33.5 Å². The van der Waals surface area contributed by atoms with Gasteiger partial charge in [0.1, 0.15) is 5.01 Å². The van der Waals surface area contributed by atoms with Crippen molar-refractivity contribution in [1.29, 1.82) is 0 Å². The van der Waals surface area contributed by atoms with Crippen molar-refractivity contribution in [2.75, 3.05) is 26.2 Å². The van der Waals surface area contributed by atoms with Gasteiger partial charge in [-0.15, -0.1) is 11.3 Å². The molecule has 9 heteroatoms. The average molecular weight is 404 g/mol. The number of hydrogen-bond acceptors (Lipinski definition) is 7. The first-order chi connectivity index (χ1) is 13.1. The fraction of sp³-hybridized carbons (Fsp3) is 0.444. The monoisotopic (exact) mass is 403 g/mol. The maximum absolute atomic E-state index is 12.6. The van der Waals surface area contributed by atoms with Crippen molar-refractivity contribution < 1.29 is 4.79 Å². The molecule has 0 saturated carbocycles. The second kappa shape index (κ2) is 7.87. The lowest BCUT2D eigenvalue weighted by molar-refractivity contribution is 0.0766. The third-order valence-corrected chi connectivity index (χ3v) is 6.55. The van der Waals surface area contributed by atoms with Gasteiger partial charge in [0, 0.05) is 38.8 Å². The molecule has 0 spiro atoms. The first-order valence-electron chi connectivity index (χ1n) is 9.08. The third-order valence-electron chi connectivity index (χ3n) is 4.64. The molecule has 1 fully saturated rings. The second-order valence-corrected chi connectivity index (χ2v) is 8.52. The molecule has 3 aromatic rings. The van der Waals surface area contributed by atoms with Gasteiger partial charge in [-0.2, -0.15) is 9.61 Å². The Hall–Kier alpha value is -2.10. The van der Waals surface area contributed by atoms with Crippen molar-refractivity contribution in [3.63, 3.8) is 0 Å². The van der Waals surface area contributed by atoms with Crippen LogP contribution in [0.1, 0.15) is 33.7 Å². The quantitative estimate of drug-likeness (QED) is 0.667. The Morgan fingerprint density at radius 2 is 2.15 bits per heavy atom. The van der Waals surface area contributed by atoms with E-state index in [0.29, 0.717) is 18.1 Å². The van der Waals surface area contributed by atoms with Crippen LogP contribution in [-0.2, 0) is 13.0 Å². The highest BCUT2D eigenvalue weighted by atomic mass is 32.1. The Balaban J connectivity index is 1.45. The SMILES string of the molecule is CCc1nn2c(=O)cc(CN3CCCN(C(=O)c4cccs4)CC3)nc2s1. The molecule has 0 aliphatic carbocycles. The van der Waals surface area contributed by atoms with Crippen LogP contribution in [0.15, 0.2) is 28.4 Å². The fourth-order valence-corrected chi connectivity index (χ4v) is 4.79. The Bertz CT molecular complexity index is 995. The van der Waals surface area contributed by atoms with E-state index in [0.717, 1.165) is 48.1 Å². The molecular weight excluding hydrogens is 382 g/mol. The molecule has 0 radical (unpaired) electrons. The number of aromatic nitrogens is 3. The summed E-state index contributed by atoms with van der Waals surface area (Å²) >= 11 is 2.95. The first kappa shape index (κ1) is 18.3. The topological polar surface area (TPSA) is 70.8 Å². The summed E-state index contributed by atoms with van der Waals surface area (Å²) in [4.78, 5) is 35.1. The first-order valence-corrected chi connectivity index (χ1v) is 10.8. The number of rotatable bonds is 4. The molecule has 0 unspecified atom stereocenters. The number of thiophene rings is 1. The maximum atomic E-state index is 12.6. The molecule has 7 nitrogen and oxygen atoms in total. The van der Waals surface area contributed by atoms with Gasteiger partial charge in [-0.3, -0.25) is 14.5 Å². The zero-order valence-electron chi connectivity index (χ0n) is 15.1. The number of carbonyl (C=O) groups excluding carboxylic acids is 1. The van der Waals surface area contributed by atoms with Crippen molar-refractivity contribution in [1.82, 2.24) is 24.4 Å². The molecule has 1 aliphatic rings. The van der Waals surface area contributed by atoms with Crippen LogP contribution in [0, 0.1) is 0 Å². The molecule has 4 rings (SSSR count). The van der Waals surface area contributed by atoms with Crippen LogP contribution in [-0.4, -0.2) is 56.5 Å². The molecule has 27 heavy (non-hydrogen) atoms. The Morgan fingerprint density at radius 1 is 1.26 bits per heavy atom. The number of aryl methyl sites for hydroxylation is 1. The molecular formula is C18H21N5O2S2. The number of amides is 1. The molecule has 1 amide bonds. The van der Waals surface area contributed by atoms with Gasteiger partial charge < -0.3 is 4.90 Å². The zero-order chi connectivity index (χ0) is 18.8. The van der Waals surface area contributed by atoms with Gasteiger partial charge in [-0.05, 0) is 24.3 Å². The van der Waals surface area contributed by atoms with Crippen LogP contribution in [0.2, 0.25) is 0 Å². The summed E-state index contributed by atoms with van der Waals surface area (Å²) < 4.78 is 1.39. The van der Waals surface area contributed by atoms with Gasteiger partial charge in [0.2, 0.25) is 4.96 Å². The van der Waals surface area contributed by atoms with E-state index < -0.39 is 0 Å². The molecule has 1 saturated heterocycles. The second-order valence-electron chi connectivity index (χ2n) is 6.53. The van der Waals surface area contributed by atoms with Crippen molar-refractivity contribution in [3.05, 3.63) is 49.5 Å². The molecule has 3 aromatic heterocycles. The highest BCUT2D eigenvalue weighted by Gasteiger charge is 2.21. The molecule has 4 heterocycles. The van der Waals surface area contributed by atoms with E-state index in [1.165, 1.54) is 27.2 Å². The summed E-state index contributed by atoms with van der Waals surface area (Å²) in [5, 5.41) is 7.13. The number of nitrogens with zero attached hydrogens (tertiary/aromatic N) is 5. The number of hydrogen-bond donors (Lipinski definition) is 0. The predicted molar refractivity (Wildman–Crippen MR) is 107 cm³/mol. The Labute approximate surface area is 164 Å². The number of fused-ring (bicyclic) bond motifs is 1. The van der Waals surface area contributed by atoms with Crippen LogP contribution in [0.3, 0.4) is 0 Å². The van der Waals surface area contributed by atoms with Gasteiger partial charge >= 0.3 is 0 Å². The van der Waals surface area contributed by atoms with Crippen molar-refractivity contribution in [2.24, 2.45) is 0 Å². The zero-order valence-corrected chi connectivity index (χ0v) is 16.8. The van der Waals surface area contributed by atoms with E-state index in [1.807, 2.05) is 29.3 Å². The van der Waals surface area contributed by atoms with Crippen molar-refractivity contribution in [2.45, 2.75) is 26.3 Å². The van der Waals surface area contributed by atoms with Crippen LogP contribution >= 0.6 is 22.7 Å². The summed E-state index contributed by atoms with van der Waals surface area (Å²) in [6, 6.07) is 5.36. The van der Waals surface area contributed by atoms with Gasteiger partial charge in [-0.25, -0.2) is 4.98 Å². The van der Waals surface area contributed by atoms with E-state index >= 15 is 0 Å². The summed E-state index contributed by atoms with van der Waals surface area (Å²) in [5.74, 6) is 0.112. The lowest BCUT2D eigenvalue weighted by atomic mass is 10.3. The summed E-state index contributed by atoms with van der Waals surface area (Å²) in [5.41, 5.74) is 0.639. The Morgan fingerprint density at radius 3 is 2.93 bits per heavy atom. The van der Waals surface area contributed by atoms with E-state index in [2.05, 4.69) is 15.0 Å². The Kier molecular flexibility index (Phi) is 5.33. The third kappa shape index (κ3) is 3.95. The van der Waals surface area contributed by atoms with Gasteiger partial charge in [0.15, 0.2) is 0 Å². The molecule has 0 atom stereocenters. The highest BCUT2D eigenvalue weighted by molar-refractivity contribution is 7.16. The largest absolute Gasteiger partial charge is 0.337 e. The minimum atomic E-state index is -0.129. The minimum Gasteiger partial charge on any atom is -0.337 e. The highest BCUT2D eigenvalue weighted by Crippen LogP contribution is 2.16. The van der Waals surface area contributed by atoms with Crippen LogP contribution < -0.4 is 5.56 Å². The predicted octanol–water partition coefficient (Wildman–Crippen LogP) is 2.12. The van der Waals surface area contributed by atoms with E-state index in [1.54, 1.807) is 6.07 Å². The maximum Gasteiger partial charge on any atom is 0.275 e. The average Bonchev–Trinajstić information content (AvgIpc) is 3.28. The molecule has 0 N–H and O–H groups in total. The summed E-state index contributed by atoms with van der Waals surface area (Å²) in [6.45, 7) is 5.76. The molecule has 0 bridgehead atoms. The standard InChI is InChI=1S/C18H21N5O2S2/c1-2-15-20-23-16(24)11-13(19-18(23)27-15)12-21-6-4-7-22(9-8-21)17(25)14-5-3-10-26-14/h3,5,10-11H,2,4,6-9,12H2,1H3.